The fourth-order valence-electron chi connectivity index (χ4n) is 1.62. The Morgan fingerprint density at radius 3 is 2.33 bits per heavy atom. The van der Waals surface area contributed by atoms with Gasteiger partial charge < -0.3 is 12.4 Å². The van der Waals surface area contributed by atoms with Crippen molar-refractivity contribution in [2.24, 2.45) is 0 Å². The number of benzene rings is 1. The lowest BCUT2D eigenvalue weighted by Crippen LogP contribution is -3.00. The number of rotatable bonds is 3. The van der Waals surface area contributed by atoms with Crippen molar-refractivity contribution >= 4 is 12.0 Å². The summed E-state index contributed by atoms with van der Waals surface area (Å²) in [6.45, 7) is 0. The molecule has 18 heavy (non-hydrogen) atoms. The first-order valence-electron chi connectivity index (χ1n) is 4.93. The largest absolute Gasteiger partial charge is 1.00 e. The minimum absolute atomic E-state index is 0. The first kappa shape index (κ1) is 13.8. The molecule has 0 saturated heterocycles. The summed E-state index contributed by atoms with van der Waals surface area (Å²) in [6.07, 6.45) is 3.94. The highest BCUT2D eigenvalue weighted by molar-refractivity contribution is 5.82. The van der Waals surface area contributed by atoms with Crippen molar-refractivity contribution in [2.75, 3.05) is 0 Å². The number of carbonyl (C=O) groups excluding carboxylic acids is 1. The van der Waals surface area contributed by atoms with Gasteiger partial charge in [-0.25, -0.2) is 0 Å². The van der Waals surface area contributed by atoms with Gasteiger partial charge in [0.15, 0.2) is 18.7 Å². The second kappa shape index (κ2) is 5.88. The van der Waals surface area contributed by atoms with Crippen LogP contribution in [0.2, 0.25) is 0 Å². The fourth-order valence-corrected chi connectivity index (χ4v) is 1.62. The standard InChI is InChI=1S/C12H9N2O3.ClH/c15-9-10-5-4-6-11(14(16)17)12(10)13-7-2-1-3-8-13;/h1-9H;1H/q+1;/p-1. The molecule has 1 aromatic heterocycles. The van der Waals surface area contributed by atoms with E-state index in [4.69, 9.17) is 0 Å². The van der Waals surface area contributed by atoms with Crippen LogP contribution in [0.4, 0.5) is 5.69 Å². The molecule has 1 heterocycles. The van der Waals surface area contributed by atoms with E-state index in [0.717, 1.165) is 0 Å². The highest BCUT2D eigenvalue weighted by atomic mass is 35.5. The van der Waals surface area contributed by atoms with Gasteiger partial charge in [0.2, 0.25) is 0 Å². The zero-order valence-corrected chi connectivity index (χ0v) is 9.95. The summed E-state index contributed by atoms with van der Waals surface area (Å²) < 4.78 is 1.56. The van der Waals surface area contributed by atoms with E-state index in [1.165, 1.54) is 12.1 Å². The molecule has 2 rings (SSSR count). The van der Waals surface area contributed by atoms with Gasteiger partial charge in [-0.05, 0) is 6.07 Å². The number of nitro groups is 1. The lowest BCUT2D eigenvalue weighted by atomic mass is 10.1. The van der Waals surface area contributed by atoms with Crippen molar-refractivity contribution < 1.29 is 26.7 Å². The van der Waals surface area contributed by atoms with Crippen molar-refractivity contribution in [2.45, 2.75) is 0 Å². The number of hydrogen-bond acceptors (Lipinski definition) is 3. The minimum Gasteiger partial charge on any atom is -1.00 e. The molecule has 0 aliphatic rings. The quantitative estimate of drug-likeness (QED) is 0.299. The Kier molecular flexibility index (Phi) is 4.51. The lowest BCUT2D eigenvalue weighted by molar-refractivity contribution is -0.601. The number of halogens is 1. The molecule has 0 aliphatic carbocycles. The highest BCUT2D eigenvalue weighted by Crippen LogP contribution is 2.20. The molecular formula is C12H9ClN2O3. The maximum Gasteiger partial charge on any atom is 0.341 e. The smallest absolute Gasteiger partial charge is 0.341 e. The summed E-state index contributed by atoms with van der Waals surface area (Å²) >= 11 is 0. The summed E-state index contributed by atoms with van der Waals surface area (Å²) in [6, 6.07) is 9.70. The van der Waals surface area contributed by atoms with E-state index in [2.05, 4.69) is 0 Å². The number of hydrogen-bond donors (Lipinski definition) is 0. The number of pyridine rings is 1. The zero-order chi connectivity index (χ0) is 12.3. The molecule has 0 radical (unpaired) electrons. The van der Waals surface area contributed by atoms with Gasteiger partial charge >= 0.3 is 5.69 Å². The molecule has 0 spiro atoms. The van der Waals surface area contributed by atoms with Crippen molar-refractivity contribution in [3.8, 4) is 5.69 Å². The van der Waals surface area contributed by atoms with E-state index in [-0.39, 0.29) is 29.3 Å². The van der Waals surface area contributed by atoms with Gasteiger partial charge in [-0.2, -0.15) is 4.57 Å². The van der Waals surface area contributed by atoms with E-state index in [0.29, 0.717) is 6.29 Å². The van der Waals surface area contributed by atoms with Crippen LogP contribution in [0, 0.1) is 10.1 Å². The van der Waals surface area contributed by atoms with E-state index >= 15 is 0 Å². The predicted octanol–water partition coefficient (Wildman–Crippen LogP) is -1.31. The minimum atomic E-state index is -0.498. The summed E-state index contributed by atoms with van der Waals surface area (Å²) in [4.78, 5) is 21.4. The number of para-hydroxylation sites is 1. The summed E-state index contributed by atoms with van der Waals surface area (Å²) in [5.74, 6) is 0. The van der Waals surface area contributed by atoms with Crippen LogP contribution < -0.4 is 17.0 Å². The van der Waals surface area contributed by atoms with Gasteiger partial charge in [0.25, 0.3) is 5.69 Å². The second-order valence-corrected chi connectivity index (χ2v) is 3.37. The highest BCUT2D eigenvalue weighted by Gasteiger charge is 2.25. The summed E-state index contributed by atoms with van der Waals surface area (Å²) in [5, 5.41) is 10.9. The Morgan fingerprint density at radius 1 is 1.11 bits per heavy atom. The molecule has 0 atom stereocenters. The Balaban J connectivity index is 0.00000162. The molecule has 0 bridgehead atoms. The zero-order valence-electron chi connectivity index (χ0n) is 9.19. The topological polar surface area (TPSA) is 64.1 Å². The van der Waals surface area contributed by atoms with Crippen LogP contribution in [-0.4, -0.2) is 11.2 Å². The average Bonchev–Trinajstić information content (AvgIpc) is 2.38. The van der Waals surface area contributed by atoms with Crippen LogP contribution in [0.5, 0.6) is 0 Å². The van der Waals surface area contributed by atoms with Gasteiger partial charge in [-0.3, -0.25) is 14.9 Å². The molecule has 0 aliphatic heterocycles. The van der Waals surface area contributed by atoms with Gasteiger partial charge in [0.05, 0.1) is 10.5 Å². The van der Waals surface area contributed by atoms with Gasteiger partial charge in [-0.1, -0.05) is 12.1 Å². The molecule has 92 valence electrons. The molecular weight excluding hydrogens is 256 g/mol. The first-order chi connectivity index (χ1) is 8.24. The van der Waals surface area contributed by atoms with Crippen LogP contribution in [-0.2, 0) is 0 Å². The Labute approximate surface area is 109 Å². The fraction of sp³-hybridized carbons (Fsp3) is 0. The van der Waals surface area contributed by atoms with Gasteiger partial charge in [0, 0.05) is 18.2 Å². The van der Waals surface area contributed by atoms with E-state index in [1.807, 2.05) is 0 Å². The molecule has 0 saturated carbocycles. The first-order valence-corrected chi connectivity index (χ1v) is 4.93. The summed E-state index contributed by atoms with van der Waals surface area (Å²) in [7, 11) is 0. The number of aromatic nitrogens is 1. The van der Waals surface area contributed by atoms with Crippen molar-refractivity contribution in [1.82, 2.24) is 0 Å². The van der Waals surface area contributed by atoms with Crippen LogP contribution >= 0.6 is 0 Å². The Morgan fingerprint density at radius 2 is 1.78 bits per heavy atom. The van der Waals surface area contributed by atoms with E-state index < -0.39 is 4.92 Å². The van der Waals surface area contributed by atoms with Crippen LogP contribution in [0.25, 0.3) is 5.69 Å². The van der Waals surface area contributed by atoms with Crippen LogP contribution in [0.3, 0.4) is 0 Å². The van der Waals surface area contributed by atoms with E-state index in [1.54, 1.807) is 41.2 Å². The third kappa shape index (κ3) is 2.52. The molecule has 5 nitrogen and oxygen atoms in total. The number of carbonyl (C=O) groups is 1. The number of nitro benzene ring substituents is 1. The number of nitrogens with zero attached hydrogens (tertiary/aromatic N) is 2. The third-order valence-electron chi connectivity index (χ3n) is 2.34. The lowest BCUT2D eigenvalue weighted by Gasteiger charge is -1.99. The van der Waals surface area contributed by atoms with Gasteiger partial charge in [-0.15, -0.1) is 0 Å². The molecule has 0 amide bonds. The third-order valence-corrected chi connectivity index (χ3v) is 2.34. The Bertz CT molecular complexity index is 573. The van der Waals surface area contributed by atoms with Gasteiger partial charge in [0.1, 0.15) is 0 Å². The van der Waals surface area contributed by atoms with Crippen molar-refractivity contribution in [3.05, 3.63) is 64.5 Å². The molecule has 0 unspecified atom stereocenters. The normalized spacial score (nSPS) is 9.33. The van der Waals surface area contributed by atoms with Crippen LogP contribution in [0.1, 0.15) is 10.4 Å². The van der Waals surface area contributed by atoms with E-state index in [9.17, 15) is 14.9 Å². The van der Waals surface area contributed by atoms with Crippen molar-refractivity contribution in [3.63, 3.8) is 0 Å². The van der Waals surface area contributed by atoms with Crippen molar-refractivity contribution in [1.29, 1.82) is 0 Å². The number of aldehydes is 1. The Hall–Kier alpha value is -2.27. The van der Waals surface area contributed by atoms with Crippen LogP contribution in [0.15, 0.2) is 48.8 Å². The SMILES string of the molecule is O=Cc1cccc([N+](=O)[O-])c1-[n+]1ccccc1.[Cl-]. The monoisotopic (exact) mass is 264 g/mol. The maximum absolute atomic E-state index is 10.9. The molecule has 0 fully saturated rings. The average molecular weight is 265 g/mol. The predicted molar refractivity (Wildman–Crippen MR) is 60.0 cm³/mol. The summed E-state index contributed by atoms with van der Waals surface area (Å²) in [5.41, 5.74) is 0.481. The second-order valence-electron chi connectivity index (χ2n) is 3.37. The maximum atomic E-state index is 10.9. The molecule has 2 aromatic rings. The molecule has 6 heteroatoms. The molecule has 1 aromatic carbocycles. The molecule has 0 N–H and O–H groups in total.